The Bertz CT molecular complexity index is 1270. The number of nitro groups is 1. The minimum atomic E-state index is -4.24. The van der Waals surface area contributed by atoms with Gasteiger partial charge in [-0.05, 0) is 54.6 Å². The number of anilines is 3. The predicted molar refractivity (Wildman–Crippen MR) is 123 cm³/mol. The van der Waals surface area contributed by atoms with Gasteiger partial charge in [0.1, 0.15) is 5.02 Å². The first-order valence-electron chi connectivity index (χ1n) is 8.39. The van der Waals surface area contributed by atoms with Crippen molar-refractivity contribution < 1.29 is 18.1 Å². The lowest BCUT2D eigenvalue weighted by molar-refractivity contribution is -0.384. The van der Waals surface area contributed by atoms with Gasteiger partial charge in [-0.25, -0.2) is 8.42 Å². The molecule has 3 rings (SSSR count). The summed E-state index contributed by atoms with van der Waals surface area (Å²) in [6.45, 7) is 0. The average Bonchev–Trinajstić information content (AvgIpc) is 2.71. The Morgan fingerprint density at radius 1 is 1.03 bits per heavy atom. The van der Waals surface area contributed by atoms with Gasteiger partial charge in [-0.15, -0.1) is 0 Å². The summed E-state index contributed by atoms with van der Waals surface area (Å²) >= 11 is 15.0. The molecule has 0 fully saturated rings. The van der Waals surface area contributed by atoms with Crippen LogP contribution >= 0.6 is 39.1 Å². The summed E-state index contributed by atoms with van der Waals surface area (Å²) < 4.78 is 28.8. The Labute approximate surface area is 195 Å². The van der Waals surface area contributed by atoms with Crippen LogP contribution in [0, 0.1) is 10.1 Å². The molecule has 1 amide bonds. The van der Waals surface area contributed by atoms with Gasteiger partial charge in [0.15, 0.2) is 0 Å². The van der Waals surface area contributed by atoms with Crippen LogP contribution in [0.5, 0.6) is 0 Å². The molecule has 0 aliphatic heterocycles. The van der Waals surface area contributed by atoms with Gasteiger partial charge in [0.05, 0.1) is 21.2 Å². The molecule has 0 aliphatic rings. The van der Waals surface area contributed by atoms with E-state index in [1.807, 2.05) is 0 Å². The second-order valence-electron chi connectivity index (χ2n) is 6.09. The second-order valence-corrected chi connectivity index (χ2v) is 9.53. The van der Waals surface area contributed by atoms with Crippen molar-refractivity contribution in [1.29, 1.82) is 0 Å². The van der Waals surface area contributed by atoms with E-state index in [0.717, 1.165) is 18.2 Å². The number of rotatable bonds is 7. The van der Waals surface area contributed by atoms with E-state index in [-0.39, 0.29) is 21.3 Å². The SMILES string of the molecule is O=CN(c1ccc(Cl)cc1)c1cc(Br)ccc1NS(=O)(=O)c1ccc(Cl)c([N+](=O)[O-])c1. The molecule has 31 heavy (non-hydrogen) atoms. The smallest absolute Gasteiger partial charge is 0.281 e. The third-order valence-electron chi connectivity index (χ3n) is 4.10. The number of nitrogens with zero attached hydrogens (tertiary/aromatic N) is 2. The monoisotopic (exact) mass is 543 g/mol. The first kappa shape index (κ1) is 23.0. The number of halogens is 3. The van der Waals surface area contributed by atoms with E-state index in [1.54, 1.807) is 36.4 Å². The molecular weight excluding hydrogens is 533 g/mol. The average molecular weight is 545 g/mol. The van der Waals surface area contributed by atoms with E-state index in [2.05, 4.69) is 20.7 Å². The number of carbonyl (C=O) groups is 1. The summed E-state index contributed by atoms with van der Waals surface area (Å²) in [4.78, 5) is 23.1. The van der Waals surface area contributed by atoms with Crippen LogP contribution in [0.1, 0.15) is 0 Å². The predicted octanol–water partition coefficient (Wildman–Crippen LogP) is 5.76. The highest BCUT2D eigenvalue weighted by Crippen LogP contribution is 2.36. The van der Waals surface area contributed by atoms with Crippen LogP contribution in [-0.2, 0) is 14.8 Å². The van der Waals surface area contributed by atoms with E-state index in [0.29, 0.717) is 21.6 Å². The van der Waals surface area contributed by atoms with Crippen LogP contribution in [0.3, 0.4) is 0 Å². The van der Waals surface area contributed by atoms with Gasteiger partial charge in [-0.1, -0.05) is 39.1 Å². The zero-order valence-corrected chi connectivity index (χ0v) is 19.2. The summed E-state index contributed by atoms with van der Waals surface area (Å²) in [6, 6.07) is 14.1. The molecule has 0 heterocycles. The lowest BCUT2D eigenvalue weighted by Crippen LogP contribution is -2.19. The molecule has 0 radical (unpaired) electrons. The summed E-state index contributed by atoms with van der Waals surface area (Å²) in [5.41, 5.74) is 0.193. The number of carbonyl (C=O) groups excluding carboxylic acids is 1. The number of hydrogen-bond donors (Lipinski definition) is 1. The summed E-state index contributed by atoms with van der Waals surface area (Å²) in [5, 5.41) is 11.4. The lowest BCUT2D eigenvalue weighted by Gasteiger charge is -2.22. The van der Waals surface area contributed by atoms with E-state index >= 15 is 0 Å². The lowest BCUT2D eigenvalue weighted by atomic mass is 10.2. The molecule has 0 atom stereocenters. The maximum absolute atomic E-state index is 12.9. The minimum absolute atomic E-state index is 0.0721. The molecule has 8 nitrogen and oxygen atoms in total. The Morgan fingerprint density at radius 3 is 2.32 bits per heavy atom. The Kier molecular flexibility index (Phi) is 6.85. The first-order chi connectivity index (χ1) is 14.6. The standard InChI is InChI=1S/C19H12BrCl2N3O5S/c20-12-1-8-17(19(9-12)24(11-26)14-4-2-13(21)3-5-14)23-31(29,30)15-6-7-16(22)18(10-15)25(27)28/h1-11,23H. The number of amides is 1. The summed E-state index contributed by atoms with van der Waals surface area (Å²) in [5.74, 6) is 0. The van der Waals surface area contributed by atoms with Crippen LogP contribution in [0.2, 0.25) is 10.0 Å². The zero-order valence-electron chi connectivity index (χ0n) is 15.3. The molecule has 12 heteroatoms. The van der Waals surface area contributed by atoms with Gasteiger partial charge in [0, 0.05) is 21.2 Å². The van der Waals surface area contributed by atoms with Gasteiger partial charge in [-0.3, -0.25) is 24.5 Å². The van der Waals surface area contributed by atoms with E-state index < -0.39 is 20.6 Å². The zero-order chi connectivity index (χ0) is 22.8. The molecule has 0 saturated carbocycles. The molecule has 3 aromatic rings. The van der Waals surface area contributed by atoms with Crippen LogP contribution < -0.4 is 9.62 Å². The van der Waals surface area contributed by atoms with E-state index in [1.165, 1.54) is 11.0 Å². The van der Waals surface area contributed by atoms with Crippen molar-refractivity contribution in [1.82, 2.24) is 0 Å². The molecule has 0 aromatic heterocycles. The first-order valence-corrected chi connectivity index (χ1v) is 11.4. The highest BCUT2D eigenvalue weighted by molar-refractivity contribution is 9.10. The van der Waals surface area contributed by atoms with Crippen molar-refractivity contribution in [2.24, 2.45) is 0 Å². The van der Waals surface area contributed by atoms with Crippen molar-refractivity contribution >= 4 is 78.3 Å². The summed E-state index contributed by atoms with van der Waals surface area (Å²) in [6.07, 6.45) is 0.524. The van der Waals surface area contributed by atoms with E-state index in [4.69, 9.17) is 23.2 Å². The second kappa shape index (κ2) is 9.23. The number of benzene rings is 3. The fourth-order valence-electron chi connectivity index (χ4n) is 2.65. The highest BCUT2D eigenvalue weighted by atomic mass is 79.9. The molecule has 0 unspecified atom stereocenters. The Balaban J connectivity index is 2.06. The number of hydrogen-bond acceptors (Lipinski definition) is 5. The maximum Gasteiger partial charge on any atom is 0.289 e. The molecule has 1 N–H and O–H groups in total. The van der Waals surface area contributed by atoms with Crippen molar-refractivity contribution in [2.75, 3.05) is 9.62 Å². The number of nitro benzene ring substituents is 1. The third kappa shape index (κ3) is 5.16. The van der Waals surface area contributed by atoms with Crippen LogP contribution in [0.15, 0.2) is 70.0 Å². The quantitative estimate of drug-likeness (QED) is 0.231. The third-order valence-corrected chi connectivity index (χ3v) is 6.53. The van der Waals surface area contributed by atoms with E-state index in [9.17, 15) is 23.3 Å². The molecule has 160 valence electrons. The van der Waals surface area contributed by atoms with Crippen LogP contribution in [-0.4, -0.2) is 19.8 Å². The highest BCUT2D eigenvalue weighted by Gasteiger charge is 2.23. The summed E-state index contributed by atoms with van der Waals surface area (Å²) in [7, 11) is -4.24. The van der Waals surface area contributed by atoms with Gasteiger partial charge >= 0.3 is 0 Å². The molecule has 0 bridgehead atoms. The minimum Gasteiger partial charge on any atom is -0.281 e. The van der Waals surface area contributed by atoms with Crippen LogP contribution in [0.25, 0.3) is 0 Å². The van der Waals surface area contributed by atoms with Crippen molar-refractivity contribution in [3.05, 3.63) is 85.3 Å². The molecule has 0 saturated heterocycles. The number of nitrogens with one attached hydrogen (secondary N) is 1. The van der Waals surface area contributed by atoms with Gasteiger partial charge in [0.2, 0.25) is 6.41 Å². The normalized spacial score (nSPS) is 11.1. The number of sulfonamides is 1. The van der Waals surface area contributed by atoms with Gasteiger partial charge < -0.3 is 0 Å². The van der Waals surface area contributed by atoms with Crippen molar-refractivity contribution in [3.8, 4) is 0 Å². The molecular formula is C19H12BrCl2N3O5S. The fraction of sp³-hybridized carbons (Fsp3) is 0. The molecule has 0 aliphatic carbocycles. The maximum atomic E-state index is 12.9. The van der Waals surface area contributed by atoms with Gasteiger partial charge in [-0.2, -0.15) is 0 Å². The van der Waals surface area contributed by atoms with Crippen LogP contribution in [0.4, 0.5) is 22.7 Å². The largest absolute Gasteiger partial charge is 0.289 e. The van der Waals surface area contributed by atoms with Crippen molar-refractivity contribution in [3.63, 3.8) is 0 Å². The molecule has 0 spiro atoms. The Morgan fingerprint density at radius 2 is 1.71 bits per heavy atom. The van der Waals surface area contributed by atoms with Gasteiger partial charge in [0.25, 0.3) is 15.7 Å². The Hall–Kier alpha value is -2.66. The molecule has 3 aromatic carbocycles. The topological polar surface area (TPSA) is 110 Å². The fourth-order valence-corrected chi connectivity index (χ4v) is 4.41. The van der Waals surface area contributed by atoms with Crippen molar-refractivity contribution in [2.45, 2.75) is 4.90 Å².